The first-order valence-corrected chi connectivity index (χ1v) is 5.48. The summed E-state index contributed by atoms with van der Waals surface area (Å²) < 4.78 is 23.7. The minimum atomic E-state index is -0.564. The summed E-state index contributed by atoms with van der Waals surface area (Å²) in [5, 5.41) is 5.32. The van der Waals surface area contributed by atoms with Crippen LogP contribution in [0.4, 0.5) is 10.1 Å². The minimum absolute atomic E-state index is 0.0775. The summed E-state index contributed by atoms with van der Waals surface area (Å²) in [7, 11) is 4.61. The lowest BCUT2D eigenvalue weighted by molar-refractivity contribution is -0.116. The number of methoxy groups -OCH3 is 2. The zero-order valence-electron chi connectivity index (χ0n) is 10.7. The Morgan fingerprint density at radius 3 is 2.44 bits per heavy atom. The van der Waals surface area contributed by atoms with Gasteiger partial charge in [0.05, 0.1) is 19.9 Å². The molecule has 0 aliphatic carbocycles. The topological polar surface area (TPSA) is 59.6 Å². The van der Waals surface area contributed by atoms with Gasteiger partial charge in [-0.2, -0.15) is 0 Å². The Bertz CT molecular complexity index is 424. The lowest BCUT2D eigenvalue weighted by Gasteiger charge is -2.11. The van der Waals surface area contributed by atoms with Crippen LogP contribution in [0.5, 0.6) is 11.5 Å². The van der Waals surface area contributed by atoms with Crippen LogP contribution in [0.15, 0.2) is 12.1 Å². The summed E-state index contributed by atoms with van der Waals surface area (Å²) in [4.78, 5) is 11.5. The van der Waals surface area contributed by atoms with E-state index in [9.17, 15) is 9.18 Å². The monoisotopic (exact) mass is 256 g/mol. The first kappa shape index (κ1) is 14.2. The van der Waals surface area contributed by atoms with Gasteiger partial charge in [0, 0.05) is 25.1 Å². The van der Waals surface area contributed by atoms with Gasteiger partial charge in [0.1, 0.15) is 0 Å². The normalized spacial score (nSPS) is 10.0. The van der Waals surface area contributed by atoms with E-state index in [-0.39, 0.29) is 23.8 Å². The predicted molar refractivity (Wildman–Crippen MR) is 66.7 cm³/mol. The van der Waals surface area contributed by atoms with E-state index >= 15 is 0 Å². The van der Waals surface area contributed by atoms with Crippen LogP contribution in [0.2, 0.25) is 0 Å². The number of amides is 1. The van der Waals surface area contributed by atoms with Crippen LogP contribution >= 0.6 is 0 Å². The summed E-state index contributed by atoms with van der Waals surface area (Å²) in [5.41, 5.74) is 0.0775. The first-order valence-electron chi connectivity index (χ1n) is 5.48. The van der Waals surface area contributed by atoms with Crippen LogP contribution < -0.4 is 20.1 Å². The van der Waals surface area contributed by atoms with E-state index in [4.69, 9.17) is 9.47 Å². The molecular weight excluding hydrogens is 239 g/mol. The maximum absolute atomic E-state index is 13.7. The van der Waals surface area contributed by atoms with Crippen molar-refractivity contribution >= 4 is 11.6 Å². The molecule has 0 aromatic heterocycles. The largest absolute Gasteiger partial charge is 0.493 e. The van der Waals surface area contributed by atoms with Crippen molar-refractivity contribution < 1.29 is 18.7 Å². The molecule has 0 aliphatic rings. The van der Waals surface area contributed by atoms with Crippen LogP contribution in [0.3, 0.4) is 0 Å². The molecule has 0 saturated heterocycles. The quantitative estimate of drug-likeness (QED) is 0.807. The third-order valence-electron chi connectivity index (χ3n) is 2.35. The van der Waals surface area contributed by atoms with Gasteiger partial charge in [0.2, 0.25) is 5.91 Å². The smallest absolute Gasteiger partial charge is 0.225 e. The molecule has 0 saturated carbocycles. The molecule has 0 atom stereocenters. The fourth-order valence-corrected chi connectivity index (χ4v) is 1.40. The molecule has 0 unspecified atom stereocenters. The molecule has 100 valence electrons. The molecule has 5 nitrogen and oxygen atoms in total. The fourth-order valence-electron chi connectivity index (χ4n) is 1.40. The molecule has 0 heterocycles. The van der Waals surface area contributed by atoms with Crippen LogP contribution in [-0.4, -0.2) is 33.7 Å². The van der Waals surface area contributed by atoms with E-state index in [0.717, 1.165) is 0 Å². The van der Waals surface area contributed by atoms with Crippen molar-refractivity contribution in [3.8, 4) is 11.5 Å². The van der Waals surface area contributed by atoms with E-state index in [1.165, 1.54) is 26.4 Å². The van der Waals surface area contributed by atoms with Crippen molar-refractivity contribution in [1.82, 2.24) is 5.32 Å². The third kappa shape index (κ3) is 3.59. The molecule has 1 rings (SSSR count). The highest BCUT2D eigenvalue weighted by molar-refractivity contribution is 5.91. The molecule has 0 radical (unpaired) electrons. The number of carbonyl (C=O) groups excluding carboxylic acids is 1. The van der Waals surface area contributed by atoms with Crippen LogP contribution in [-0.2, 0) is 4.79 Å². The zero-order chi connectivity index (χ0) is 13.5. The third-order valence-corrected chi connectivity index (χ3v) is 2.35. The van der Waals surface area contributed by atoms with Gasteiger partial charge < -0.3 is 20.1 Å². The van der Waals surface area contributed by atoms with Gasteiger partial charge in [0.25, 0.3) is 0 Å². The second-order valence-electron chi connectivity index (χ2n) is 3.59. The number of nitrogens with one attached hydrogen (secondary N) is 2. The van der Waals surface area contributed by atoms with Crippen molar-refractivity contribution in [3.05, 3.63) is 17.9 Å². The number of hydrogen-bond donors (Lipinski definition) is 2. The van der Waals surface area contributed by atoms with Gasteiger partial charge in [-0.1, -0.05) is 0 Å². The lowest BCUT2D eigenvalue weighted by atomic mass is 10.2. The molecule has 1 aromatic rings. The zero-order valence-corrected chi connectivity index (χ0v) is 10.7. The van der Waals surface area contributed by atoms with Gasteiger partial charge in [0.15, 0.2) is 17.3 Å². The SMILES string of the molecule is CNCCC(=O)Nc1cc(OC)c(OC)cc1F. The van der Waals surface area contributed by atoms with Crippen molar-refractivity contribution in [1.29, 1.82) is 0 Å². The van der Waals surface area contributed by atoms with Crippen molar-refractivity contribution in [3.63, 3.8) is 0 Å². The van der Waals surface area contributed by atoms with Crippen LogP contribution in [0.25, 0.3) is 0 Å². The Morgan fingerprint density at radius 2 is 1.89 bits per heavy atom. The van der Waals surface area contributed by atoms with Crippen molar-refractivity contribution in [2.45, 2.75) is 6.42 Å². The average Bonchev–Trinajstić information content (AvgIpc) is 2.38. The molecule has 6 heteroatoms. The summed E-state index contributed by atoms with van der Waals surface area (Å²) in [6.07, 6.45) is 0.268. The van der Waals surface area contributed by atoms with Crippen molar-refractivity contribution in [2.24, 2.45) is 0 Å². The van der Waals surface area contributed by atoms with Crippen LogP contribution in [0.1, 0.15) is 6.42 Å². The van der Waals surface area contributed by atoms with E-state index < -0.39 is 5.82 Å². The molecule has 0 aliphatic heterocycles. The van der Waals surface area contributed by atoms with Gasteiger partial charge >= 0.3 is 0 Å². The van der Waals surface area contributed by atoms with Gasteiger partial charge in [-0.3, -0.25) is 4.79 Å². The first-order chi connectivity index (χ1) is 8.62. The Balaban J connectivity index is 2.85. The number of rotatable bonds is 6. The van der Waals surface area contributed by atoms with Gasteiger partial charge in [-0.15, -0.1) is 0 Å². The van der Waals surface area contributed by atoms with Gasteiger partial charge in [-0.05, 0) is 7.05 Å². The maximum atomic E-state index is 13.7. The summed E-state index contributed by atoms with van der Waals surface area (Å²) >= 11 is 0. The Kier molecular flexibility index (Phi) is 5.38. The molecular formula is C12H17FN2O3. The highest BCUT2D eigenvalue weighted by Crippen LogP contribution is 2.32. The summed E-state index contributed by atoms with van der Waals surface area (Å²) in [6, 6.07) is 2.57. The molecule has 0 fully saturated rings. The fraction of sp³-hybridized carbons (Fsp3) is 0.417. The lowest BCUT2D eigenvalue weighted by Crippen LogP contribution is -2.19. The molecule has 0 bridgehead atoms. The maximum Gasteiger partial charge on any atom is 0.225 e. The Labute approximate surface area is 105 Å². The summed E-state index contributed by atoms with van der Waals surface area (Å²) in [5.74, 6) is -0.188. The van der Waals surface area contributed by atoms with E-state index in [1.807, 2.05) is 0 Å². The molecule has 1 aromatic carbocycles. The highest BCUT2D eigenvalue weighted by atomic mass is 19.1. The number of halogens is 1. The minimum Gasteiger partial charge on any atom is -0.493 e. The van der Waals surface area contributed by atoms with Gasteiger partial charge in [-0.25, -0.2) is 4.39 Å². The number of carbonyl (C=O) groups is 1. The van der Waals surface area contributed by atoms with E-state index in [2.05, 4.69) is 10.6 Å². The highest BCUT2D eigenvalue weighted by Gasteiger charge is 2.12. The second kappa shape index (κ2) is 6.80. The average molecular weight is 256 g/mol. The van der Waals surface area contributed by atoms with E-state index in [1.54, 1.807) is 7.05 Å². The molecule has 1 amide bonds. The molecule has 2 N–H and O–H groups in total. The number of hydrogen-bond acceptors (Lipinski definition) is 4. The second-order valence-corrected chi connectivity index (χ2v) is 3.59. The number of ether oxygens (including phenoxy) is 2. The number of benzene rings is 1. The summed E-state index contributed by atoms with van der Waals surface area (Å²) in [6.45, 7) is 0.529. The Morgan fingerprint density at radius 1 is 1.28 bits per heavy atom. The van der Waals surface area contributed by atoms with Crippen molar-refractivity contribution in [2.75, 3.05) is 33.1 Å². The number of anilines is 1. The molecule has 0 spiro atoms. The van der Waals surface area contributed by atoms with E-state index in [0.29, 0.717) is 12.3 Å². The standard InChI is InChI=1S/C12H17FN2O3/c1-14-5-4-12(16)15-9-7-11(18-3)10(17-2)6-8(9)13/h6-7,14H,4-5H2,1-3H3,(H,15,16). The van der Waals surface area contributed by atoms with Crippen LogP contribution in [0, 0.1) is 5.82 Å². The molecule has 18 heavy (non-hydrogen) atoms. The predicted octanol–water partition coefficient (Wildman–Crippen LogP) is 1.39. The Hall–Kier alpha value is -1.82.